The summed E-state index contributed by atoms with van der Waals surface area (Å²) in [7, 11) is -3.19. The van der Waals surface area contributed by atoms with Crippen molar-refractivity contribution >= 4 is 39.1 Å². The zero-order valence-electron chi connectivity index (χ0n) is 14.2. The molecule has 2 N–H and O–H groups in total. The molecule has 140 valence electrons. The van der Waals surface area contributed by atoms with Gasteiger partial charge in [-0.05, 0) is 37.0 Å². The second-order valence-corrected chi connectivity index (χ2v) is 8.49. The van der Waals surface area contributed by atoms with Crippen LogP contribution in [-0.4, -0.2) is 50.4 Å². The van der Waals surface area contributed by atoms with Gasteiger partial charge in [0.15, 0.2) is 0 Å². The minimum Gasteiger partial charge on any atom is -0.348 e. The number of anilines is 1. The summed E-state index contributed by atoms with van der Waals surface area (Å²) in [4.78, 5) is 23.9. The van der Waals surface area contributed by atoms with Crippen LogP contribution in [0.3, 0.4) is 0 Å². The molecule has 0 aliphatic carbocycles. The third-order valence-electron chi connectivity index (χ3n) is 4.15. The van der Waals surface area contributed by atoms with Crippen LogP contribution in [0.2, 0.25) is 5.02 Å². The summed E-state index contributed by atoms with van der Waals surface area (Å²) in [5.74, 6) is -1.61. The van der Waals surface area contributed by atoms with Crippen molar-refractivity contribution < 1.29 is 18.0 Å². The number of nitriles is 1. The van der Waals surface area contributed by atoms with Crippen molar-refractivity contribution in [1.82, 2.24) is 9.62 Å². The lowest BCUT2D eigenvalue weighted by Crippen LogP contribution is -2.43. The van der Waals surface area contributed by atoms with Crippen molar-refractivity contribution in [2.75, 3.05) is 31.2 Å². The van der Waals surface area contributed by atoms with Crippen molar-refractivity contribution in [2.24, 2.45) is 5.92 Å². The third kappa shape index (κ3) is 5.42. The number of sulfonamides is 1. The van der Waals surface area contributed by atoms with Crippen molar-refractivity contribution in [3.05, 3.63) is 28.8 Å². The number of nitrogens with one attached hydrogen (secondary N) is 2. The van der Waals surface area contributed by atoms with E-state index in [-0.39, 0.29) is 23.7 Å². The van der Waals surface area contributed by atoms with Gasteiger partial charge in [0, 0.05) is 24.7 Å². The van der Waals surface area contributed by atoms with E-state index < -0.39 is 21.8 Å². The van der Waals surface area contributed by atoms with Crippen LogP contribution in [0.4, 0.5) is 5.69 Å². The number of rotatable bonds is 4. The normalized spacial score (nSPS) is 15.9. The molecule has 2 rings (SSSR count). The van der Waals surface area contributed by atoms with Gasteiger partial charge in [-0.2, -0.15) is 5.26 Å². The Bertz CT molecular complexity index is 842. The van der Waals surface area contributed by atoms with Gasteiger partial charge in [0.1, 0.15) is 6.07 Å². The number of carbonyl (C=O) groups is 2. The molecule has 1 fully saturated rings. The number of nitrogens with zero attached hydrogens (tertiary/aromatic N) is 2. The Labute approximate surface area is 157 Å². The predicted molar refractivity (Wildman–Crippen MR) is 96.9 cm³/mol. The molecule has 8 nitrogen and oxygen atoms in total. The first-order chi connectivity index (χ1) is 12.2. The SMILES string of the molecule is CS(=O)(=O)N1CCC(CNC(=O)C(=O)Nc2cc(Cl)ccc2C#N)CC1. The molecule has 0 atom stereocenters. The molecular formula is C16H19ClN4O4S. The van der Waals surface area contributed by atoms with E-state index in [2.05, 4.69) is 10.6 Å². The Hall–Kier alpha value is -2.15. The van der Waals surface area contributed by atoms with E-state index in [1.807, 2.05) is 6.07 Å². The van der Waals surface area contributed by atoms with Crippen LogP contribution >= 0.6 is 11.6 Å². The molecule has 0 radical (unpaired) electrons. The molecule has 0 aromatic heterocycles. The number of hydrogen-bond donors (Lipinski definition) is 2. The number of carbonyl (C=O) groups excluding carboxylic acids is 2. The van der Waals surface area contributed by atoms with Gasteiger partial charge < -0.3 is 10.6 Å². The standard InChI is InChI=1S/C16H19ClN4O4S/c1-26(24,25)21-6-4-11(5-7-21)10-19-15(22)16(23)20-14-8-13(17)3-2-12(14)9-18/h2-3,8,11H,4-7,10H2,1H3,(H,19,22)(H,20,23). The zero-order chi connectivity index (χ0) is 19.3. The predicted octanol–water partition coefficient (Wildman–Crippen LogP) is 0.938. The summed E-state index contributed by atoms with van der Waals surface area (Å²) in [6.07, 6.45) is 2.40. The first-order valence-electron chi connectivity index (χ1n) is 7.94. The van der Waals surface area contributed by atoms with E-state index in [4.69, 9.17) is 16.9 Å². The van der Waals surface area contributed by atoms with Gasteiger partial charge in [-0.15, -0.1) is 0 Å². The minimum atomic E-state index is -3.19. The third-order valence-corrected chi connectivity index (χ3v) is 5.69. The summed E-state index contributed by atoms with van der Waals surface area (Å²) in [6.45, 7) is 1.09. The molecule has 0 spiro atoms. The Morgan fingerprint density at radius 2 is 1.96 bits per heavy atom. The smallest absolute Gasteiger partial charge is 0.313 e. The quantitative estimate of drug-likeness (QED) is 0.731. The van der Waals surface area contributed by atoms with Crippen LogP contribution in [-0.2, 0) is 19.6 Å². The van der Waals surface area contributed by atoms with E-state index in [1.165, 1.54) is 28.8 Å². The van der Waals surface area contributed by atoms with Gasteiger partial charge >= 0.3 is 11.8 Å². The number of benzene rings is 1. The number of halogens is 1. The van der Waals surface area contributed by atoms with Crippen LogP contribution < -0.4 is 10.6 Å². The molecular weight excluding hydrogens is 380 g/mol. The highest BCUT2D eigenvalue weighted by atomic mass is 35.5. The average molecular weight is 399 g/mol. The molecule has 1 aromatic carbocycles. The lowest BCUT2D eigenvalue weighted by molar-refractivity contribution is -0.136. The lowest BCUT2D eigenvalue weighted by Gasteiger charge is -2.30. The highest BCUT2D eigenvalue weighted by Crippen LogP contribution is 2.20. The fraction of sp³-hybridized carbons (Fsp3) is 0.438. The van der Waals surface area contributed by atoms with Crippen LogP contribution in [0.15, 0.2) is 18.2 Å². The van der Waals surface area contributed by atoms with Gasteiger partial charge in [-0.3, -0.25) is 9.59 Å². The Morgan fingerprint density at radius 3 is 2.54 bits per heavy atom. The summed E-state index contributed by atoms with van der Waals surface area (Å²) < 4.78 is 24.3. The van der Waals surface area contributed by atoms with Crippen molar-refractivity contribution in [1.29, 1.82) is 5.26 Å². The Balaban J connectivity index is 1.85. The monoisotopic (exact) mass is 398 g/mol. The summed E-state index contributed by atoms with van der Waals surface area (Å²) in [5, 5.41) is 14.3. The topological polar surface area (TPSA) is 119 Å². The molecule has 0 bridgehead atoms. The maximum Gasteiger partial charge on any atom is 0.313 e. The first kappa shape index (κ1) is 20.2. The van der Waals surface area contributed by atoms with Gasteiger partial charge in [-0.1, -0.05) is 11.6 Å². The molecule has 1 aromatic rings. The highest BCUT2D eigenvalue weighted by Gasteiger charge is 2.25. The van der Waals surface area contributed by atoms with E-state index in [9.17, 15) is 18.0 Å². The fourth-order valence-electron chi connectivity index (χ4n) is 2.66. The van der Waals surface area contributed by atoms with Crippen LogP contribution in [0.5, 0.6) is 0 Å². The van der Waals surface area contributed by atoms with E-state index >= 15 is 0 Å². The maximum absolute atomic E-state index is 12.0. The molecule has 2 amide bonds. The zero-order valence-corrected chi connectivity index (χ0v) is 15.7. The number of piperidine rings is 1. The number of hydrogen-bond acceptors (Lipinski definition) is 5. The van der Waals surface area contributed by atoms with Gasteiger partial charge in [-0.25, -0.2) is 12.7 Å². The molecule has 1 aliphatic heterocycles. The Kier molecular flexibility index (Phi) is 6.58. The van der Waals surface area contributed by atoms with Gasteiger partial charge in [0.25, 0.3) is 0 Å². The van der Waals surface area contributed by atoms with E-state index in [1.54, 1.807) is 0 Å². The second-order valence-electron chi connectivity index (χ2n) is 6.07. The van der Waals surface area contributed by atoms with Crippen LogP contribution in [0, 0.1) is 17.2 Å². The van der Waals surface area contributed by atoms with E-state index in [0.717, 1.165) is 0 Å². The molecule has 26 heavy (non-hydrogen) atoms. The van der Waals surface area contributed by atoms with Crippen LogP contribution in [0.1, 0.15) is 18.4 Å². The van der Waals surface area contributed by atoms with Gasteiger partial charge in [0.05, 0.1) is 17.5 Å². The number of amides is 2. The summed E-state index contributed by atoms with van der Waals surface area (Å²) in [5.41, 5.74) is 0.366. The minimum absolute atomic E-state index is 0.102. The fourth-order valence-corrected chi connectivity index (χ4v) is 3.71. The highest BCUT2D eigenvalue weighted by molar-refractivity contribution is 7.88. The molecule has 10 heteroatoms. The van der Waals surface area contributed by atoms with Crippen molar-refractivity contribution in [3.8, 4) is 6.07 Å². The Morgan fingerprint density at radius 1 is 1.31 bits per heavy atom. The molecule has 0 saturated carbocycles. The van der Waals surface area contributed by atoms with E-state index in [0.29, 0.717) is 31.0 Å². The molecule has 0 unspecified atom stereocenters. The lowest BCUT2D eigenvalue weighted by atomic mass is 9.98. The first-order valence-corrected chi connectivity index (χ1v) is 10.2. The van der Waals surface area contributed by atoms with Crippen LogP contribution in [0.25, 0.3) is 0 Å². The van der Waals surface area contributed by atoms with Gasteiger partial charge in [0.2, 0.25) is 10.0 Å². The molecule has 1 heterocycles. The maximum atomic E-state index is 12.0. The van der Waals surface area contributed by atoms with Crippen molar-refractivity contribution in [3.63, 3.8) is 0 Å². The molecule has 1 aliphatic rings. The second kappa shape index (κ2) is 8.49. The summed E-state index contributed by atoms with van der Waals surface area (Å²) in [6, 6.07) is 6.27. The largest absolute Gasteiger partial charge is 0.348 e. The molecule has 1 saturated heterocycles. The van der Waals surface area contributed by atoms with Crippen molar-refractivity contribution in [2.45, 2.75) is 12.8 Å². The summed E-state index contributed by atoms with van der Waals surface area (Å²) >= 11 is 5.84. The average Bonchev–Trinajstić information content (AvgIpc) is 2.59.